The van der Waals surface area contributed by atoms with Crippen molar-refractivity contribution in [1.82, 2.24) is 15.2 Å². The van der Waals surface area contributed by atoms with Gasteiger partial charge in [-0.25, -0.2) is 0 Å². The number of aromatic nitrogens is 3. The van der Waals surface area contributed by atoms with E-state index in [1.54, 1.807) is 24.3 Å². The Morgan fingerprint density at radius 2 is 1.64 bits per heavy atom. The first-order valence-corrected chi connectivity index (χ1v) is 10.4. The van der Waals surface area contributed by atoms with Crippen molar-refractivity contribution < 1.29 is 22.8 Å². The number of carbonyl (C=O) groups is 2. The maximum absolute atomic E-state index is 13.1. The molecule has 8 nitrogen and oxygen atoms in total. The van der Waals surface area contributed by atoms with Gasteiger partial charge >= 0.3 is 6.18 Å². The second-order valence-corrected chi connectivity index (χ2v) is 8.16. The summed E-state index contributed by atoms with van der Waals surface area (Å²) >= 11 is 0.825. The molecule has 0 aliphatic carbocycles. The van der Waals surface area contributed by atoms with Crippen LogP contribution in [0.4, 0.5) is 24.5 Å². The van der Waals surface area contributed by atoms with E-state index in [9.17, 15) is 27.6 Å². The van der Waals surface area contributed by atoms with Gasteiger partial charge in [0.05, 0.1) is 22.2 Å². The lowest BCUT2D eigenvalue weighted by atomic mass is 10.1. The first kappa shape index (κ1) is 24.0. The molecule has 0 saturated heterocycles. The van der Waals surface area contributed by atoms with E-state index in [0.29, 0.717) is 11.3 Å². The number of para-hydroxylation sites is 2. The quantitative estimate of drug-likeness (QED) is 0.463. The molecule has 1 aromatic heterocycles. The van der Waals surface area contributed by atoms with E-state index >= 15 is 0 Å². The maximum atomic E-state index is 13.1. The number of anilines is 2. The van der Waals surface area contributed by atoms with Gasteiger partial charge in [0.25, 0.3) is 5.56 Å². The van der Waals surface area contributed by atoms with Gasteiger partial charge in [-0.05, 0) is 25.1 Å². The number of aromatic amines is 1. The molecular formula is C21H18F3N5O3S. The molecule has 0 radical (unpaired) electrons. The van der Waals surface area contributed by atoms with Crippen molar-refractivity contribution in [3.63, 3.8) is 0 Å². The van der Waals surface area contributed by atoms with Gasteiger partial charge in [-0.15, -0.1) is 10.2 Å². The highest BCUT2D eigenvalue weighted by Gasteiger charge is 2.34. The number of rotatable bonds is 6. The van der Waals surface area contributed by atoms with Crippen molar-refractivity contribution >= 4 is 35.0 Å². The number of halogens is 3. The van der Waals surface area contributed by atoms with Crippen molar-refractivity contribution in [3.8, 4) is 11.3 Å². The molecule has 0 fully saturated rings. The van der Waals surface area contributed by atoms with Crippen LogP contribution in [0.3, 0.4) is 0 Å². The highest BCUT2D eigenvalue weighted by Crippen LogP contribution is 2.35. The monoisotopic (exact) mass is 477 g/mol. The average Bonchev–Trinajstić information content (AvgIpc) is 2.74. The Kier molecular flexibility index (Phi) is 7.16. The summed E-state index contributed by atoms with van der Waals surface area (Å²) in [7, 11) is 0. The zero-order chi connectivity index (χ0) is 24.2. The summed E-state index contributed by atoms with van der Waals surface area (Å²) in [6, 6.07) is 11.2. The lowest BCUT2D eigenvalue weighted by Gasteiger charge is -2.15. The number of nitrogens with zero attached hydrogens (tertiary/aromatic N) is 2. The molecule has 2 amide bonds. The van der Waals surface area contributed by atoms with Crippen molar-refractivity contribution in [2.24, 2.45) is 0 Å². The van der Waals surface area contributed by atoms with Crippen molar-refractivity contribution in [1.29, 1.82) is 0 Å². The van der Waals surface area contributed by atoms with E-state index in [1.807, 2.05) is 0 Å². The third-order valence-electron chi connectivity index (χ3n) is 4.32. The van der Waals surface area contributed by atoms with Gasteiger partial charge < -0.3 is 10.6 Å². The molecule has 1 atom stereocenters. The summed E-state index contributed by atoms with van der Waals surface area (Å²) in [5.74, 6) is -1.04. The molecule has 1 heterocycles. The minimum atomic E-state index is -4.62. The summed E-state index contributed by atoms with van der Waals surface area (Å²) in [5.41, 5.74) is -1.26. The third kappa shape index (κ3) is 5.98. The molecular weight excluding hydrogens is 459 g/mol. The van der Waals surface area contributed by atoms with Gasteiger partial charge in [-0.3, -0.25) is 19.4 Å². The third-order valence-corrected chi connectivity index (χ3v) is 5.29. The first-order valence-electron chi connectivity index (χ1n) is 9.54. The van der Waals surface area contributed by atoms with Gasteiger partial charge in [-0.1, -0.05) is 42.1 Å². The Morgan fingerprint density at radius 1 is 1.00 bits per heavy atom. The molecule has 0 spiro atoms. The fourth-order valence-corrected chi connectivity index (χ4v) is 3.57. The number of carbonyl (C=O) groups excluding carboxylic acids is 2. The lowest BCUT2D eigenvalue weighted by Crippen LogP contribution is -2.25. The number of hydrogen-bond donors (Lipinski definition) is 3. The van der Waals surface area contributed by atoms with Crippen LogP contribution in [0.25, 0.3) is 11.3 Å². The van der Waals surface area contributed by atoms with Crippen molar-refractivity contribution in [2.75, 3.05) is 10.6 Å². The molecule has 2 aromatic carbocycles. The second kappa shape index (κ2) is 9.86. The van der Waals surface area contributed by atoms with Gasteiger partial charge in [0.15, 0.2) is 10.9 Å². The van der Waals surface area contributed by atoms with Crippen LogP contribution in [0.1, 0.15) is 19.4 Å². The number of nitrogens with one attached hydrogen (secondary N) is 3. The van der Waals surface area contributed by atoms with Crippen LogP contribution in [-0.4, -0.2) is 32.2 Å². The van der Waals surface area contributed by atoms with Gasteiger partial charge in [0, 0.05) is 12.5 Å². The average molecular weight is 477 g/mol. The molecule has 0 saturated carbocycles. The molecule has 3 rings (SSSR count). The molecule has 0 aliphatic heterocycles. The van der Waals surface area contributed by atoms with Gasteiger partial charge in [0.1, 0.15) is 0 Å². The van der Waals surface area contributed by atoms with Gasteiger partial charge in [-0.2, -0.15) is 13.2 Å². The van der Waals surface area contributed by atoms with Crippen molar-refractivity contribution in [2.45, 2.75) is 30.4 Å². The number of H-pyrrole nitrogens is 1. The predicted molar refractivity (Wildman–Crippen MR) is 118 cm³/mol. The van der Waals surface area contributed by atoms with Crippen LogP contribution in [0, 0.1) is 0 Å². The zero-order valence-electron chi connectivity index (χ0n) is 17.4. The number of hydrogen-bond acceptors (Lipinski definition) is 6. The minimum Gasteiger partial charge on any atom is -0.326 e. The molecule has 0 bridgehead atoms. The zero-order valence-corrected chi connectivity index (χ0v) is 18.2. The summed E-state index contributed by atoms with van der Waals surface area (Å²) in [5, 5.41) is 11.8. The van der Waals surface area contributed by atoms with Crippen LogP contribution in [0.15, 0.2) is 58.5 Å². The molecule has 33 heavy (non-hydrogen) atoms. The Bertz CT molecular complexity index is 1250. The minimum absolute atomic E-state index is 0.00696. The lowest BCUT2D eigenvalue weighted by molar-refractivity contribution is -0.137. The Hall–Kier alpha value is -3.67. The highest BCUT2D eigenvalue weighted by atomic mass is 32.2. The van der Waals surface area contributed by atoms with Crippen LogP contribution < -0.4 is 16.2 Å². The molecule has 3 N–H and O–H groups in total. The Balaban J connectivity index is 1.77. The van der Waals surface area contributed by atoms with E-state index < -0.39 is 28.5 Å². The highest BCUT2D eigenvalue weighted by molar-refractivity contribution is 8.00. The van der Waals surface area contributed by atoms with Crippen molar-refractivity contribution in [3.05, 3.63) is 64.4 Å². The van der Waals surface area contributed by atoms with E-state index in [2.05, 4.69) is 25.8 Å². The maximum Gasteiger partial charge on any atom is 0.418 e. The number of alkyl halides is 3. The largest absolute Gasteiger partial charge is 0.418 e. The van der Waals surface area contributed by atoms with E-state index in [-0.39, 0.29) is 22.4 Å². The van der Waals surface area contributed by atoms with E-state index in [4.69, 9.17) is 0 Å². The second-order valence-electron chi connectivity index (χ2n) is 6.83. The summed E-state index contributed by atoms with van der Waals surface area (Å²) in [6.45, 7) is 2.78. The van der Waals surface area contributed by atoms with E-state index in [1.165, 1.54) is 26.0 Å². The smallest absolute Gasteiger partial charge is 0.326 e. The molecule has 3 aromatic rings. The standard InChI is InChI=1S/C21H18F3N5O3S/c1-11(18(31)26-16-10-6-4-8-14(16)21(22,23)24)33-20-27-19(32)17(28-29-20)13-7-3-5-9-15(13)25-12(2)30/h3-11H,1-2H3,(H,25,30)(H,26,31)(H,27,29,32)/t11-/m0/s1. The summed E-state index contributed by atoms with van der Waals surface area (Å²) < 4.78 is 39.4. The van der Waals surface area contributed by atoms with Crippen LogP contribution in [0.5, 0.6) is 0 Å². The molecule has 12 heteroatoms. The first-order chi connectivity index (χ1) is 15.6. The molecule has 0 unspecified atom stereocenters. The van der Waals surface area contributed by atoms with Crippen LogP contribution >= 0.6 is 11.8 Å². The fraction of sp³-hybridized carbons (Fsp3) is 0.190. The summed E-state index contributed by atoms with van der Waals surface area (Å²) in [6.07, 6.45) is -4.62. The normalized spacial score (nSPS) is 12.2. The van der Waals surface area contributed by atoms with Crippen LogP contribution in [-0.2, 0) is 15.8 Å². The van der Waals surface area contributed by atoms with E-state index in [0.717, 1.165) is 23.9 Å². The SMILES string of the molecule is CC(=O)Nc1ccccc1-c1nnc(S[C@@H](C)C(=O)Nc2ccccc2C(F)(F)F)[nH]c1=O. The topological polar surface area (TPSA) is 117 Å². The Morgan fingerprint density at radius 3 is 2.27 bits per heavy atom. The number of thioether (sulfide) groups is 1. The van der Waals surface area contributed by atoms with Gasteiger partial charge in [0.2, 0.25) is 11.8 Å². The molecule has 0 aliphatic rings. The summed E-state index contributed by atoms with van der Waals surface area (Å²) in [4.78, 5) is 38.9. The van der Waals surface area contributed by atoms with Crippen LogP contribution in [0.2, 0.25) is 0 Å². The molecule has 172 valence electrons. The predicted octanol–water partition coefficient (Wildman–Crippen LogP) is 3.93. The Labute approximate surface area is 190 Å². The fourth-order valence-electron chi connectivity index (χ4n) is 2.83. The number of amides is 2. The number of benzene rings is 2.